The average Bonchev–Trinajstić information content (AvgIpc) is 2.64. The molecule has 1 unspecified atom stereocenters. The number of amides is 1. The highest BCUT2D eigenvalue weighted by Gasteiger charge is 2.26. The molecular formula is C21H25FN2O2. The molecule has 1 fully saturated rings. The minimum Gasteiger partial charge on any atom is -0.489 e. The second kappa shape index (κ2) is 8.81. The molecule has 4 nitrogen and oxygen atoms in total. The van der Waals surface area contributed by atoms with Gasteiger partial charge < -0.3 is 15.4 Å². The van der Waals surface area contributed by atoms with Crippen molar-refractivity contribution in [2.45, 2.75) is 37.8 Å². The lowest BCUT2D eigenvalue weighted by molar-refractivity contribution is -0.134. The number of hydrogen-bond acceptors (Lipinski definition) is 3. The summed E-state index contributed by atoms with van der Waals surface area (Å²) in [6, 6.07) is 15.8. The van der Waals surface area contributed by atoms with Gasteiger partial charge in [-0.25, -0.2) is 4.39 Å². The third-order valence-corrected chi connectivity index (χ3v) is 4.65. The number of nitrogens with two attached hydrogens (primary N) is 1. The van der Waals surface area contributed by atoms with E-state index in [1.807, 2.05) is 35.2 Å². The molecule has 0 spiro atoms. The Bertz CT molecular complexity index is 723. The summed E-state index contributed by atoms with van der Waals surface area (Å²) >= 11 is 0. The molecule has 0 bridgehead atoms. The highest BCUT2D eigenvalue weighted by molar-refractivity contribution is 5.77. The molecule has 138 valence electrons. The smallest absolute Gasteiger partial charge is 0.224 e. The number of hydrogen-bond donors (Lipinski definition) is 1. The maximum atomic E-state index is 13.7. The number of benzene rings is 2. The first-order chi connectivity index (χ1) is 12.6. The topological polar surface area (TPSA) is 55.6 Å². The minimum atomic E-state index is -0.394. The monoisotopic (exact) mass is 356 g/mol. The van der Waals surface area contributed by atoms with Gasteiger partial charge in [-0.2, -0.15) is 0 Å². The molecule has 1 amide bonds. The van der Waals surface area contributed by atoms with Crippen molar-refractivity contribution in [3.8, 4) is 5.75 Å². The predicted octanol–water partition coefficient (Wildman–Crippen LogP) is 3.16. The van der Waals surface area contributed by atoms with Gasteiger partial charge in [0.2, 0.25) is 5.91 Å². The molecule has 2 atom stereocenters. The average molecular weight is 356 g/mol. The van der Waals surface area contributed by atoms with Crippen molar-refractivity contribution in [1.29, 1.82) is 0 Å². The molecule has 0 aliphatic carbocycles. The number of halogens is 1. The Balaban J connectivity index is 1.51. The van der Waals surface area contributed by atoms with E-state index in [0.29, 0.717) is 18.5 Å². The fraction of sp³-hybridized carbons (Fsp3) is 0.381. The van der Waals surface area contributed by atoms with Gasteiger partial charge in [0.1, 0.15) is 17.7 Å². The van der Waals surface area contributed by atoms with Crippen LogP contribution in [0.15, 0.2) is 54.6 Å². The van der Waals surface area contributed by atoms with Gasteiger partial charge in [0.15, 0.2) is 0 Å². The number of likely N-dealkylation sites (tertiary alicyclic amines) is 1. The Morgan fingerprint density at radius 1 is 1.19 bits per heavy atom. The normalized spacial score (nSPS) is 18.4. The van der Waals surface area contributed by atoms with Crippen molar-refractivity contribution in [1.82, 2.24) is 4.90 Å². The Hall–Kier alpha value is -2.40. The standard InChI is InChI=1S/C21H25FN2O2/c22-20-11-5-4-7-16(20)13-17(23)14-21(25)24-12-6-10-19(15-24)26-18-8-2-1-3-9-18/h1-5,7-9,11,17,19H,6,10,12-15,23H2/t17-,19?/m1/s1. The lowest BCUT2D eigenvalue weighted by atomic mass is 10.0. The zero-order valence-electron chi connectivity index (χ0n) is 14.8. The summed E-state index contributed by atoms with van der Waals surface area (Å²) in [5.41, 5.74) is 6.65. The van der Waals surface area contributed by atoms with E-state index in [1.54, 1.807) is 18.2 Å². The zero-order valence-corrected chi connectivity index (χ0v) is 14.8. The molecule has 2 N–H and O–H groups in total. The van der Waals surface area contributed by atoms with Crippen LogP contribution in [0.1, 0.15) is 24.8 Å². The van der Waals surface area contributed by atoms with Crippen LogP contribution in [0.2, 0.25) is 0 Å². The van der Waals surface area contributed by atoms with Gasteiger partial charge >= 0.3 is 0 Å². The van der Waals surface area contributed by atoms with Crippen LogP contribution >= 0.6 is 0 Å². The molecule has 1 aliphatic rings. The summed E-state index contributed by atoms with van der Waals surface area (Å²) in [6.45, 7) is 1.29. The van der Waals surface area contributed by atoms with Crippen molar-refractivity contribution in [3.63, 3.8) is 0 Å². The fourth-order valence-electron chi connectivity index (χ4n) is 3.32. The van der Waals surface area contributed by atoms with Gasteiger partial charge in [-0.15, -0.1) is 0 Å². The van der Waals surface area contributed by atoms with Crippen molar-refractivity contribution in [2.24, 2.45) is 5.73 Å². The summed E-state index contributed by atoms with van der Waals surface area (Å²) in [7, 11) is 0. The SMILES string of the molecule is N[C@@H](CC(=O)N1CCCC(Oc2ccccc2)C1)Cc1ccccc1F. The third-order valence-electron chi connectivity index (χ3n) is 4.65. The van der Waals surface area contributed by atoms with Crippen LogP contribution in [-0.4, -0.2) is 36.0 Å². The number of rotatable bonds is 6. The number of piperidine rings is 1. The highest BCUT2D eigenvalue weighted by Crippen LogP contribution is 2.19. The van der Waals surface area contributed by atoms with E-state index in [9.17, 15) is 9.18 Å². The second-order valence-electron chi connectivity index (χ2n) is 6.79. The van der Waals surface area contributed by atoms with E-state index in [-0.39, 0.29) is 24.2 Å². The fourth-order valence-corrected chi connectivity index (χ4v) is 3.32. The van der Waals surface area contributed by atoms with E-state index >= 15 is 0 Å². The van der Waals surface area contributed by atoms with Crippen LogP contribution in [0, 0.1) is 5.82 Å². The predicted molar refractivity (Wildman–Crippen MR) is 99.4 cm³/mol. The maximum absolute atomic E-state index is 13.7. The molecule has 0 saturated carbocycles. The molecule has 1 heterocycles. The Morgan fingerprint density at radius 2 is 1.92 bits per heavy atom. The number of carbonyl (C=O) groups excluding carboxylic acids is 1. The lowest BCUT2D eigenvalue weighted by Gasteiger charge is -2.33. The van der Waals surface area contributed by atoms with Gasteiger partial charge in [-0.05, 0) is 43.0 Å². The van der Waals surface area contributed by atoms with E-state index in [0.717, 1.165) is 25.1 Å². The van der Waals surface area contributed by atoms with Crippen LogP contribution in [0.25, 0.3) is 0 Å². The molecule has 0 aromatic heterocycles. The first kappa shape index (κ1) is 18.4. The molecular weight excluding hydrogens is 331 g/mol. The largest absolute Gasteiger partial charge is 0.489 e. The van der Waals surface area contributed by atoms with Crippen LogP contribution in [0.5, 0.6) is 5.75 Å². The van der Waals surface area contributed by atoms with Gasteiger partial charge in [0, 0.05) is 19.0 Å². The first-order valence-corrected chi connectivity index (χ1v) is 9.10. The number of ether oxygens (including phenoxy) is 1. The number of para-hydroxylation sites is 1. The zero-order chi connectivity index (χ0) is 18.4. The molecule has 1 aliphatic heterocycles. The van der Waals surface area contributed by atoms with Gasteiger partial charge in [-0.1, -0.05) is 36.4 Å². The van der Waals surface area contributed by atoms with Crippen molar-refractivity contribution in [2.75, 3.05) is 13.1 Å². The summed E-state index contributed by atoms with van der Waals surface area (Å²) in [5.74, 6) is 0.558. The van der Waals surface area contributed by atoms with Gasteiger partial charge in [0.05, 0.1) is 6.54 Å². The summed E-state index contributed by atoms with van der Waals surface area (Å²) in [6.07, 6.45) is 2.41. The highest BCUT2D eigenvalue weighted by atomic mass is 19.1. The van der Waals surface area contributed by atoms with Crippen LogP contribution in [0.4, 0.5) is 4.39 Å². The van der Waals surface area contributed by atoms with Crippen molar-refractivity contribution in [3.05, 3.63) is 66.0 Å². The molecule has 5 heteroatoms. The number of carbonyl (C=O) groups is 1. The Kier molecular flexibility index (Phi) is 6.23. The second-order valence-corrected chi connectivity index (χ2v) is 6.79. The van der Waals surface area contributed by atoms with E-state index in [4.69, 9.17) is 10.5 Å². The summed E-state index contributed by atoms with van der Waals surface area (Å²) < 4.78 is 19.7. The molecule has 1 saturated heterocycles. The Labute approximate surface area is 153 Å². The van der Waals surface area contributed by atoms with Gasteiger partial charge in [-0.3, -0.25) is 4.79 Å². The van der Waals surface area contributed by atoms with Crippen molar-refractivity contribution >= 4 is 5.91 Å². The lowest BCUT2D eigenvalue weighted by Crippen LogP contribution is -2.46. The molecule has 2 aromatic carbocycles. The van der Waals surface area contributed by atoms with E-state index in [1.165, 1.54) is 6.07 Å². The molecule has 0 radical (unpaired) electrons. The third kappa shape index (κ3) is 5.05. The Morgan fingerprint density at radius 3 is 2.69 bits per heavy atom. The van der Waals surface area contributed by atoms with Gasteiger partial charge in [0.25, 0.3) is 0 Å². The summed E-state index contributed by atoms with van der Waals surface area (Å²) in [5, 5.41) is 0. The molecule has 2 aromatic rings. The van der Waals surface area contributed by atoms with E-state index in [2.05, 4.69) is 0 Å². The van der Waals surface area contributed by atoms with Crippen LogP contribution < -0.4 is 10.5 Å². The van der Waals surface area contributed by atoms with Crippen molar-refractivity contribution < 1.29 is 13.9 Å². The van der Waals surface area contributed by atoms with Crippen LogP contribution in [0.3, 0.4) is 0 Å². The first-order valence-electron chi connectivity index (χ1n) is 9.10. The molecule has 26 heavy (non-hydrogen) atoms. The molecule has 3 rings (SSSR count). The minimum absolute atomic E-state index is 0.00195. The van der Waals surface area contributed by atoms with Crippen LogP contribution in [-0.2, 0) is 11.2 Å². The van der Waals surface area contributed by atoms with E-state index < -0.39 is 6.04 Å². The maximum Gasteiger partial charge on any atom is 0.224 e. The summed E-state index contributed by atoms with van der Waals surface area (Å²) in [4.78, 5) is 14.4. The number of nitrogens with zero attached hydrogens (tertiary/aromatic N) is 1. The quantitative estimate of drug-likeness (QED) is 0.865.